The first kappa shape index (κ1) is 9.88. The lowest BCUT2D eigenvalue weighted by atomic mass is 10.3. The molecule has 0 saturated heterocycles. The number of alkyl halides is 3. The van der Waals surface area contributed by atoms with Crippen LogP contribution in [0.5, 0.6) is 0 Å². The Hall–Kier alpha value is -1.20. The topological polar surface area (TPSA) is 37.8 Å². The van der Waals surface area contributed by atoms with E-state index in [0.717, 1.165) is 0 Å². The first-order valence-electron chi connectivity index (χ1n) is 3.79. The Morgan fingerprint density at radius 1 is 1.46 bits per heavy atom. The fraction of sp³-hybridized carbons (Fsp3) is 0.571. The highest BCUT2D eigenvalue weighted by Gasteiger charge is 2.25. The number of nitrogens with one attached hydrogen (secondary N) is 1. The minimum absolute atomic E-state index is 0.0682. The molecule has 1 N–H and O–H groups in total. The number of aromatic amines is 1. The predicted octanol–water partition coefficient (Wildman–Crippen LogP) is 1.52. The van der Waals surface area contributed by atoms with Crippen LogP contribution in [0.25, 0.3) is 0 Å². The van der Waals surface area contributed by atoms with E-state index >= 15 is 0 Å². The average Bonchev–Trinajstić information content (AvgIpc) is 2.34. The van der Waals surface area contributed by atoms with Crippen molar-refractivity contribution >= 4 is 0 Å². The van der Waals surface area contributed by atoms with Crippen LogP contribution in [-0.4, -0.2) is 15.7 Å². The third-order valence-corrected chi connectivity index (χ3v) is 1.58. The molecule has 6 heteroatoms. The zero-order valence-corrected chi connectivity index (χ0v) is 6.77. The highest BCUT2D eigenvalue weighted by molar-refractivity contribution is 4.75. The lowest BCUT2D eigenvalue weighted by molar-refractivity contribution is -0.135. The van der Waals surface area contributed by atoms with Crippen molar-refractivity contribution in [1.82, 2.24) is 9.55 Å². The van der Waals surface area contributed by atoms with Gasteiger partial charge in [-0.15, -0.1) is 0 Å². The largest absolute Gasteiger partial charge is 0.389 e. The van der Waals surface area contributed by atoms with Crippen molar-refractivity contribution in [3.05, 3.63) is 22.9 Å². The van der Waals surface area contributed by atoms with Crippen LogP contribution in [-0.2, 0) is 6.54 Å². The fourth-order valence-electron chi connectivity index (χ4n) is 0.975. The number of hydrogen-bond donors (Lipinski definition) is 1. The van der Waals surface area contributed by atoms with Gasteiger partial charge in [-0.3, -0.25) is 4.57 Å². The van der Waals surface area contributed by atoms with Crippen LogP contribution in [0.15, 0.2) is 17.2 Å². The second-order valence-electron chi connectivity index (χ2n) is 2.68. The lowest BCUT2D eigenvalue weighted by Gasteiger charge is -2.05. The highest BCUT2D eigenvalue weighted by Crippen LogP contribution is 2.21. The quantitative estimate of drug-likeness (QED) is 0.778. The van der Waals surface area contributed by atoms with Crippen molar-refractivity contribution in [2.24, 2.45) is 0 Å². The van der Waals surface area contributed by atoms with Gasteiger partial charge in [-0.1, -0.05) is 0 Å². The van der Waals surface area contributed by atoms with Gasteiger partial charge in [0.05, 0.1) is 0 Å². The monoisotopic (exact) mass is 194 g/mol. The summed E-state index contributed by atoms with van der Waals surface area (Å²) in [6, 6.07) is 0. The number of hydrogen-bond acceptors (Lipinski definition) is 1. The van der Waals surface area contributed by atoms with Crippen molar-refractivity contribution in [3.63, 3.8) is 0 Å². The van der Waals surface area contributed by atoms with Crippen molar-refractivity contribution in [3.8, 4) is 0 Å². The minimum atomic E-state index is -4.14. The molecule has 74 valence electrons. The number of aryl methyl sites for hydroxylation is 1. The summed E-state index contributed by atoms with van der Waals surface area (Å²) in [5.41, 5.74) is -0.373. The number of H-pyrrole nitrogens is 1. The maximum Gasteiger partial charge on any atom is 0.389 e. The smallest absolute Gasteiger partial charge is 0.313 e. The van der Waals surface area contributed by atoms with Gasteiger partial charge in [0.15, 0.2) is 0 Å². The van der Waals surface area contributed by atoms with E-state index in [0.29, 0.717) is 0 Å². The fourth-order valence-corrected chi connectivity index (χ4v) is 0.975. The Kier molecular flexibility index (Phi) is 2.79. The molecule has 1 aromatic heterocycles. The van der Waals surface area contributed by atoms with Gasteiger partial charge in [-0.2, -0.15) is 13.2 Å². The van der Waals surface area contributed by atoms with E-state index in [2.05, 4.69) is 4.98 Å². The number of nitrogens with zero attached hydrogens (tertiary/aromatic N) is 1. The Bertz CT molecular complexity index is 312. The maximum absolute atomic E-state index is 11.7. The van der Waals surface area contributed by atoms with Gasteiger partial charge in [0.2, 0.25) is 0 Å². The summed E-state index contributed by atoms with van der Waals surface area (Å²) in [5, 5.41) is 0. The third kappa shape index (κ3) is 3.35. The van der Waals surface area contributed by atoms with Crippen molar-refractivity contribution in [1.29, 1.82) is 0 Å². The summed E-state index contributed by atoms with van der Waals surface area (Å²) in [7, 11) is 0. The van der Waals surface area contributed by atoms with E-state index in [1.165, 1.54) is 17.0 Å². The number of halogens is 3. The Morgan fingerprint density at radius 2 is 2.15 bits per heavy atom. The van der Waals surface area contributed by atoms with Crippen LogP contribution in [0.3, 0.4) is 0 Å². The van der Waals surface area contributed by atoms with Gasteiger partial charge in [-0.05, 0) is 6.42 Å². The molecule has 0 aliphatic carbocycles. The Balaban J connectivity index is 2.37. The normalized spacial score (nSPS) is 11.9. The van der Waals surface area contributed by atoms with Gasteiger partial charge in [0.25, 0.3) is 0 Å². The van der Waals surface area contributed by atoms with Gasteiger partial charge in [0.1, 0.15) is 0 Å². The molecule has 0 aromatic carbocycles. The summed E-state index contributed by atoms with van der Waals surface area (Å²) in [6.45, 7) is 0.0991. The second-order valence-corrected chi connectivity index (χ2v) is 2.68. The highest BCUT2D eigenvalue weighted by atomic mass is 19.4. The predicted molar refractivity (Wildman–Crippen MR) is 40.3 cm³/mol. The van der Waals surface area contributed by atoms with Crippen molar-refractivity contribution < 1.29 is 13.2 Å². The molecule has 0 spiro atoms. The second kappa shape index (κ2) is 3.68. The first-order chi connectivity index (χ1) is 5.99. The van der Waals surface area contributed by atoms with Crippen LogP contribution in [0.1, 0.15) is 12.8 Å². The zero-order valence-electron chi connectivity index (χ0n) is 6.77. The van der Waals surface area contributed by atoms with E-state index in [1.54, 1.807) is 0 Å². The molecule has 3 nitrogen and oxygen atoms in total. The Labute approximate surface area is 72.2 Å². The zero-order chi connectivity index (χ0) is 9.90. The molecule has 0 unspecified atom stereocenters. The molecule has 0 aliphatic rings. The molecule has 0 bridgehead atoms. The molecule has 0 fully saturated rings. The molecule has 0 aliphatic heterocycles. The van der Waals surface area contributed by atoms with Gasteiger partial charge >= 0.3 is 11.9 Å². The van der Waals surface area contributed by atoms with Gasteiger partial charge in [-0.25, -0.2) is 4.79 Å². The van der Waals surface area contributed by atoms with E-state index < -0.39 is 12.6 Å². The van der Waals surface area contributed by atoms with E-state index in [4.69, 9.17) is 0 Å². The molecule has 0 saturated carbocycles. The third-order valence-electron chi connectivity index (χ3n) is 1.58. The average molecular weight is 194 g/mol. The maximum atomic E-state index is 11.7. The minimum Gasteiger partial charge on any atom is -0.313 e. The SMILES string of the molecule is O=c1[nH]ccn1CCCC(F)(F)F. The standard InChI is InChI=1S/C7H9F3N2O/c8-7(9,10)2-1-4-12-5-3-11-6(12)13/h3,5H,1-2,4H2,(H,11,13). The number of rotatable bonds is 3. The summed E-state index contributed by atoms with van der Waals surface area (Å²) in [6.07, 6.45) is -2.24. The van der Waals surface area contributed by atoms with Crippen LogP contribution in [0.4, 0.5) is 13.2 Å². The van der Waals surface area contributed by atoms with Crippen LogP contribution in [0.2, 0.25) is 0 Å². The van der Waals surface area contributed by atoms with Crippen molar-refractivity contribution in [2.45, 2.75) is 25.6 Å². The number of aromatic nitrogens is 2. The summed E-state index contributed by atoms with van der Waals surface area (Å²) in [4.78, 5) is 13.1. The van der Waals surface area contributed by atoms with E-state index in [1.807, 2.05) is 0 Å². The number of imidazole rings is 1. The van der Waals surface area contributed by atoms with Gasteiger partial charge in [0, 0.05) is 25.4 Å². The molecule has 0 atom stereocenters. The lowest BCUT2D eigenvalue weighted by Crippen LogP contribution is -2.17. The van der Waals surface area contributed by atoms with Gasteiger partial charge < -0.3 is 4.98 Å². The molecule has 1 rings (SSSR count). The van der Waals surface area contributed by atoms with Crippen molar-refractivity contribution in [2.75, 3.05) is 0 Å². The first-order valence-corrected chi connectivity index (χ1v) is 3.79. The molecule has 0 radical (unpaired) electrons. The molecule has 13 heavy (non-hydrogen) atoms. The van der Waals surface area contributed by atoms with Crippen LogP contribution < -0.4 is 5.69 Å². The molecular formula is C7H9F3N2O. The summed E-state index contributed by atoms with van der Waals surface area (Å²) >= 11 is 0. The van der Waals surface area contributed by atoms with E-state index in [-0.39, 0.29) is 18.7 Å². The molecule has 1 aromatic rings. The van der Waals surface area contributed by atoms with E-state index in [9.17, 15) is 18.0 Å². The molecule has 0 amide bonds. The summed E-state index contributed by atoms with van der Waals surface area (Å²) in [5.74, 6) is 0. The molecular weight excluding hydrogens is 185 g/mol. The van der Waals surface area contributed by atoms with Crippen LogP contribution >= 0.6 is 0 Å². The van der Waals surface area contributed by atoms with Crippen LogP contribution in [0, 0.1) is 0 Å². The Morgan fingerprint density at radius 3 is 2.62 bits per heavy atom. The molecule has 1 heterocycles. The summed E-state index contributed by atoms with van der Waals surface area (Å²) < 4.78 is 36.3.